The first kappa shape index (κ1) is 21.5. The van der Waals surface area contributed by atoms with E-state index in [1.165, 1.54) is 6.07 Å². The van der Waals surface area contributed by atoms with E-state index in [0.29, 0.717) is 37.6 Å². The minimum Gasteiger partial charge on any atom is -0.479 e. The van der Waals surface area contributed by atoms with Crippen molar-refractivity contribution in [1.29, 1.82) is 0 Å². The number of aliphatic hydroxyl groups is 1. The summed E-state index contributed by atoms with van der Waals surface area (Å²) in [6, 6.07) is 18.8. The molecular weight excluding hydrogens is 433 g/mol. The molecule has 3 rings (SSSR count). The summed E-state index contributed by atoms with van der Waals surface area (Å²) in [5.74, 6) is -0.0563. The van der Waals surface area contributed by atoms with Gasteiger partial charge in [0.15, 0.2) is 6.10 Å². The monoisotopic (exact) mass is 449 g/mol. The molecule has 0 aliphatic rings. The second kappa shape index (κ2) is 9.51. The smallest absolute Gasteiger partial charge is 0.265 e. The molecule has 0 fully saturated rings. The second-order valence-electron chi connectivity index (χ2n) is 6.37. The Morgan fingerprint density at radius 2 is 1.62 bits per heavy atom. The highest BCUT2D eigenvalue weighted by atomic mass is 35.5. The number of benzene rings is 3. The number of halogens is 3. The van der Waals surface area contributed by atoms with E-state index in [4.69, 9.17) is 39.5 Å². The molecule has 0 bridgehead atoms. The first-order chi connectivity index (χ1) is 13.8. The van der Waals surface area contributed by atoms with Crippen molar-refractivity contribution in [2.24, 2.45) is 0 Å². The number of nitrogens with one attached hydrogen (secondary N) is 1. The number of hydrogen-bond acceptors (Lipinski definition) is 3. The quantitative estimate of drug-likeness (QED) is 0.474. The average Bonchev–Trinajstić information content (AvgIpc) is 2.71. The number of carbonyl (C=O) groups is 1. The van der Waals surface area contributed by atoms with E-state index in [1.54, 1.807) is 49.4 Å². The zero-order valence-corrected chi connectivity index (χ0v) is 17.7. The lowest BCUT2D eigenvalue weighted by Crippen LogP contribution is -2.30. The highest BCUT2D eigenvalue weighted by molar-refractivity contribution is 6.35. The van der Waals surface area contributed by atoms with Crippen molar-refractivity contribution in [3.05, 3.63) is 92.9 Å². The van der Waals surface area contributed by atoms with Crippen LogP contribution in [0, 0.1) is 0 Å². The molecule has 2 N–H and O–H groups in total. The molecule has 3 aromatic rings. The van der Waals surface area contributed by atoms with E-state index in [-0.39, 0.29) is 0 Å². The molecule has 0 spiro atoms. The fourth-order valence-corrected chi connectivity index (χ4v) is 3.37. The van der Waals surface area contributed by atoms with Gasteiger partial charge >= 0.3 is 0 Å². The fraction of sp³-hybridized carbons (Fsp3) is 0.136. The van der Waals surface area contributed by atoms with Crippen LogP contribution in [0.3, 0.4) is 0 Å². The van der Waals surface area contributed by atoms with Crippen molar-refractivity contribution in [2.75, 3.05) is 5.32 Å². The molecule has 1 amide bonds. The first-order valence-corrected chi connectivity index (χ1v) is 9.93. The molecule has 0 saturated carbocycles. The van der Waals surface area contributed by atoms with E-state index < -0.39 is 18.1 Å². The molecule has 0 saturated heterocycles. The van der Waals surface area contributed by atoms with Gasteiger partial charge in [-0.2, -0.15) is 0 Å². The summed E-state index contributed by atoms with van der Waals surface area (Å²) in [5.41, 5.74) is 1.60. The SMILES string of the molecule is C[C@H](Oc1ccc(Cl)cc1Cl)C(=O)Nc1ccc(Cl)cc1[C@H](O)c1ccccc1. The van der Waals surface area contributed by atoms with Gasteiger partial charge < -0.3 is 15.2 Å². The Bertz CT molecular complexity index is 1010. The fourth-order valence-electron chi connectivity index (χ4n) is 2.74. The van der Waals surface area contributed by atoms with Crippen molar-refractivity contribution >= 4 is 46.4 Å². The molecule has 0 aromatic heterocycles. The number of rotatable bonds is 6. The first-order valence-electron chi connectivity index (χ1n) is 8.80. The standard InChI is InChI=1S/C22H18Cl3NO3/c1-13(29-20-10-8-16(24)12-18(20)25)22(28)26-19-9-7-15(23)11-17(19)21(27)14-5-3-2-4-6-14/h2-13,21,27H,1H3,(H,26,28)/t13-,21+/m0/s1. The van der Waals surface area contributed by atoms with Crippen LogP contribution >= 0.6 is 34.8 Å². The van der Waals surface area contributed by atoms with Gasteiger partial charge in [-0.3, -0.25) is 4.79 Å². The van der Waals surface area contributed by atoms with E-state index >= 15 is 0 Å². The van der Waals surface area contributed by atoms with E-state index in [2.05, 4.69) is 5.32 Å². The normalized spacial score (nSPS) is 12.9. The number of amides is 1. The highest BCUT2D eigenvalue weighted by Crippen LogP contribution is 2.32. The topological polar surface area (TPSA) is 58.6 Å². The Balaban J connectivity index is 1.79. The lowest BCUT2D eigenvalue weighted by Gasteiger charge is -2.20. The molecule has 0 aliphatic heterocycles. The summed E-state index contributed by atoms with van der Waals surface area (Å²) >= 11 is 18.1. The Morgan fingerprint density at radius 1 is 0.966 bits per heavy atom. The largest absolute Gasteiger partial charge is 0.479 e. The molecule has 4 nitrogen and oxygen atoms in total. The Morgan fingerprint density at radius 3 is 2.31 bits per heavy atom. The summed E-state index contributed by atoms with van der Waals surface area (Å²) in [4.78, 5) is 12.7. The van der Waals surface area contributed by atoms with Crippen LogP contribution in [0.4, 0.5) is 5.69 Å². The molecule has 0 unspecified atom stereocenters. The second-order valence-corrected chi connectivity index (χ2v) is 7.65. The zero-order chi connectivity index (χ0) is 21.0. The van der Waals surface area contributed by atoms with Crippen LogP contribution in [0.15, 0.2) is 66.7 Å². The number of carbonyl (C=O) groups excluding carboxylic acids is 1. The molecule has 150 valence electrons. The van der Waals surface area contributed by atoms with Gasteiger partial charge in [0.25, 0.3) is 5.91 Å². The molecule has 0 radical (unpaired) electrons. The molecule has 7 heteroatoms. The summed E-state index contributed by atoms with van der Waals surface area (Å²) in [6.45, 7) is 1.60. The van der Waals surface area contributed by atoms with Crippen molar-refractivity contribution in [1.82, 2.24) is 0 Å². The van der Waals surface area contributed by atoms with Crippen LogP contribution in [0.5, 0.6) is 5.75 Å². The van der Waals surface area contributed by atoms with E-state index in [9.17, 15) is 9.90 Å². The van der Waals surface area contributed by atoms with Crippen LogP contribution in [-0.4, -0.2) is 17.1 Å². The van der Waals surface area contributed by atoms with Gasteiger partial charge in [0.2, 0.25) is 0 Å². The lowest BCUT2D eigenvalue weighted by atomic mass is 10.00. The van der Waals surface area contributed by atoms with Gasteiger partial charge in [0, 0.05) is 21.3 Å². The minimum absolute atomic E-state index is 0.309. The number of ether oxygens (including phenoxy) is 1. The van der Waals surface area contributed by atoms with Gasteiger partial charge in [-0.15, -0.1) is 0 Å². The van der Waals surface area contributed by atoms with Crippen LogP contribution < -0.4 is 10.1 Å². The Hall–Kier alpha value is -2.24. The summed E-state index contributed by atoms with van der Waals surface area (Å²) in [6.07, 6.45) is -1.79. The summed E-state index contributed by atoms with van der Waals surface area (Å²) < 4.78 is 5.65. The maximum Gasteiger partial charge on any atom is 0.265 e. The van der Waals surface area contributed by atoms with Gasteiger partial charge in [0.05, 0.1) is 5.02 Å². The van der Waals surface area contributed by atoms with Crippen LogP contribution in [-0.2, 0) is 4.79 Å². The van der Waals surface area contributed by atoms with Crippen molar-refractivity contribution in [3.8, 4) is 5.75 Å². The van der Waals surface area contributed by atoms with Crippen LogP contribution in [0.2, 0.25) is 15.1 Å². The molecular formula is C22H18Cl3NO3. The third-order valence-corrected chi connectivity index (χ3v) is 5.01. The lowest BCUT2D eigenvalue weighted by molar-refractivity contribution is -0.122. The minimum atomic E-state index is -0.952. The third kappa shape index (κ3) is 5.43. The van der Waals surface area contributed by atoms with Crippen molar-refractivity contribution < 1.29 is 14.6 Å². The van der Waals surface area contributed by atoms with Gasteiger partial charge in [-0.1, -0.05) is 65.1 Å². The third-order valence-electron chi connectivity index (χ3n) is 4.25. The molecule has 2 atom stereocenters. The Labute approximate surface area is 184 Å². The number of anilines is 1. The molecule has 0 aliphatic carbocycles. The van der Waals surface area contributed by atoms with Gasteiger partial charge in [0.1, 0.15) is 11.9 Å². The van der Waals surface area contributed by atoms with E-state index in [0.717, 1.165) is 0 Å². The zero-order valence-electron chi connectivity index (χ0n) is 15.4. The predicted octanol–water partition coefficient (Wildman–Crippen LogP) is 6.13. The summed E-state index contributed by atoms with van der Waals surface area (Å²) in [7, 11) is 0. The van der Waals surface area contributed by atoms with Crippen molar-refractivity contribution in [2.45, 2.75) is 19.1 Å². The van der Waals surface area contributed by atoms with Gasteiger partial charge in [-0.05, 0) is 48.9 Å². The highest BCUT2D eigenvalue weighted by Gasteiger charge is 2.21. The van der Waals surface area contributed by atoms with Crippen LogP contribution in [0.25, 0.3) is 0 Å². The molecule has 3 aromatic carbocycles. The average molecular weight is 451 g/mol. The van der Waals surface area contributed by atoms with Crippen molar-refractivity contribution in [3.63, 3.8) is 0 Å². The number of hydrogen-bond donors (Lipinski definition) is 2. The van der Waals surface area contributed by atoms with Crippen LogP contribution in [0.1, 0.15) is 24.2 Å². The maximum atomic E-state index is 12.7. The van der Waals surface area contributed by atoms with Gasteiger partial charge in [-0.25, -0.2) is 0 Å². The summed E-state index contributed by atoms with van der Waals surface area (Å²) in [5, 5.41) is 14.8. The maximum absolute atomic E-state index is 12.7. The van der Waals surface area contributed by atoms with E-state index in [1.807, 2.05) is 18.2 Å². The predicted molar refractivity (Wildman–Crippen MR) is 117 cm³/mol. The molecule has 0 heterocycles. The molecule has 29 heavy (non-hydrogen) atoms. The number of aliphatic hydroxyl groups excluding tert-OH is 1. The Kier molecular flexibility index (Phi) is 7.04.